The summed E-state index contributed by atoms with van der Waals surface area (Å²) >= 11 is 5.70. The lowest BCUT2D eigenvalue weighted by Crippen LogP contribution is -2.10. The molecule has 0 spiro atoms. The summed E-state index contributed by atoms with van der Waals surface area (Å²) in [6.07, 6.45) is 0.980. The molecule has 1 atom stereocenters. The minimum absolute atomic E-state index is 0.242. The number of aromatic nitrogens is 2. The van der Waals surface area contributed by atoms with Crippen LogP contribution in [0.5, 0.6) is 0 Å². The van der Waals surface area contributed by atoms with Crippen molar-refractivity contribution < 1.29 is 0 Å². The van der Waals surface area contributed by atoms with Crippen LogP contribution in [0.25, 0.3) is 0 Å². The fourth-order valence-corrected chi connectivity index (χ4v) is 1.78. The lowest BCUT2D eigenvalue weighted by atomic mass is 10.0. The van der Waals surface area contributed by atoms with Gasteiger partial charge < -0.3 is 5.32 Å². The van der Waals surface area contributed by atoms with Gasteiger partial charge in [0.05, 0.1) is 6.04 Å². The smallest absolute Gasteiger partial charge is 0.151 e. The summed E-state index contributed by atoms with van der Waals surface area (Å²) in [7, 11) is 0. The quantitative estimate of drug-likeness (QED) is 0.895. The molecule has 0 aliphatic heterocycles. The van der Waals surface area contributed by atoms with Crippen LogP contribution in [0.15, 0.2) is 42.5 Å². The monoisotopic (exact) mass is 247 g/mol. The first-order valence-electron chi connectivity index (χ1n) is 5.60. The predicted molar refractivity (Wildman–Crippen MR) is 70.1 cm³/mol. The maximum Gasteiger partial charge on any atom is 0.151 e. The van der Waals surface area contributed by atoms with E-state index in [1.165, 1.54) is 5.56 Å². The third-order valence-electron chi connectivity index (χ3n) is 2.56. The van der Waals surface area contributed by atoms with Crippen LogP contribution in [0.2, 0.25) is 5.15 Å². The van der Waals surface area contributed by atoms with E-state index in [9.17, 15) is 0 Å². The average Bonchev–Trinajstić information content (AvgIpc) is 2.39. The van der Waals surface area contributed by atoms with Crippen molar-refractivity contribution in [2.45, 2.75) is 19.4 Å². The van der Waals surface area contributed by atoms with Gasteiger partial charge in [0.2, 0.25) is 0 Å². The highest BCUT2D eigenvalue weighted by atomic mass is 35.5. The molecule has 0 aliphatic rings. The Bertz CT molecular complexity index is 456. The Morgan fingerprint density at radius 1 is 1.12 bits per heavy atom. The van der Waals surface area contributed by atoms with E-state index >= 15 is 0 Å². The average molecular weight is 248 g/mol. The molecule has 1 unspecified atom stereocenters. The Morgan fingerprint density at radius 3 is 2.47 bits per heavy atom. The highest BCUT2D eigenvalue weighted by molar-refractivity contribution is 6.29. The topological polar surface area (TPSA) is 37.8 Å². The molecule has 2 aromatic rings. The first-order chi connectivity index (χ1) is 8.29. The summed E-state index contributed by atoms with van der Waals surface area (Å²) in [6.45, 7) is 2.13. The molecule has 88 valence electrons. The lowest BCUT2D eigenvalue weighted by molar-refractivity contribution is 0.740. The van der Waals surface area contributed by atoms with Gasteiger partial charge in [0.15, 0.2) is 5.15 Å². The zero-order chi connectivity index (χ0) is 12.1. The zero-order valence-electron chi connectivity index (χ0n) is 9.60. The molecule has 0 fully saturated rings. The molecule has 1 aromatic heterocycles. The fourth-order valence-electron chi connectivity index (χ4n) is 1.68. The van der Waals surface area contributed by atoms with Crippen molar-refractivity contribution in [3.05, 3.63) is 53.2 Å². The first kappa shape index (κ1) is 11.9. The van der Waals surface area contributed by atoms with Crippen molar-refractivity contribution in [3.8, 4) is 0 Å². The van der Waals surface area contributed by atoms with Gasteiger partial charge in [-0.05, 0) is 24.1 Å². The highest BCUT2D eigenvalue weighted by Gasteiger charge is 2.09. The van der Waals surface area contributed by atoms with Crippen molar-refractivity contribution in [3.63, 3.8) is 0 Å². The summed E-state index contributed by atoms with van der Waals surface area (Å²) in [4.78, 5) is 0. The normalized spacial score (nSPS) is 12.1. The van der Waals surface area contributed by atoms with Crippen molar-refractivity contribution in [2.24, 2.45) is 0 Å². The number of hydrogen-bond acceptors (Lipinski definition) is 3. The van der Waals surface area contributed by atoms with E-state index in [1.54, 1.807) is 6.07 Å². The molecule has 1 heterocycles. The van der Waals surface area contributed by atoms with Gasteiger partial charge >= 0.3 is 0 Å². The van der Waals surface area contributed by atoms with Crippen molar-refractivity contribution in [1.82, 2.24) is 10.2 Å². The van der Waals surface area contributed by atoms with Crippen LogP contribution in [0.3, 0.4) is 0 Å². The van der Waals surface area contributed by atoms with Gasteiger partial charge in [0, 0.05) is 0 Å². The van der Waals surface area contributed by atoms with E-state index in [1.807, 2.05) is 24.3 Å². The fraction of sp³-hybridized carbons (Fsp3) is 0.231. The van der Waals surface area contributed by atoms with Crippen molar-refractivity contribution in [2.75, 3.05) is 5.32 Å². The number of halogens is 1. The molecule has 17 heavy (non-hydrogen) atoms. The first-order valence-corrected chi connectivity index (χ1v) is 5.98. The van der Waals surface area contributed by atoms with Crippen LogP contribution < -0.4 is 5.32 Å². The number of hydrogen-bond donors (Lipinski definition) is 1. The van der Waals surface area contributed by atoms with Gasteiger partial charge in [-0.15, -0.1) is 10.2 Å². The molecular formula is C13H14ClN3. The zero-order valence-corrected chi connectivity index (χ0v) is 10.4. The predicted octanol–water partition coefficient (Wildman–Crippen LogP) is 3.69. The Morgan fingerprint density at radius 2 is 1.88 bits per heavy atom. The molecule has 4 heteroatoms. The van der Waals surface area contributed by atoms with E-state index in [2.05, 4.69) is 34.6 Å². The molecule has 0 saturated heterocycles. The van der Waals surface area contributed by atoms with Crippen LogP contribution in [0.4, 0.5) is 5.82 Å². The Hall–Kier alpha value is -1.61. The molecule has 0 bridgehead atoms. The molecule has 1 aromatic carbocycles. The summed E-state index contributed by atoms with van der Waals surface area (Å²) in [5.74, 6) is 0.741. The largest absolute Gasteiger partial charge is 0.362 e. The van der Waals surface area contributed by atoms with Gasteiger partial charge in [0.25, 0.3) is 0 Å². The molecule has 1 N–H and O–H groups in total. The standard InChI is InChI=1S/C13H14ClN3/c1-2-11(10-6-4-3-5-7-10)15-13-9-8-12(14)16-17-13/h3-9,11H,2H2,1H3,(H,15,17). The molecule has 0 amide bonds. The lowest BCUT2D eigenvalue weighted by Gasteiger charge is -2.17. The van der Waals surface area contributed by atoms with Crippen LogP contribution in [0, 0.1) is 0 Å². The van der Waals surface area contributed by atoms with E-state index < -0.39 is 0 Å². The van der Waals surface area contributed by atoms with Crippen LogP contribution in [-0.2, 0) is 0 Å². The van der Waals surface area contributed by atoms with Gasteiger partial charge in [-0.2, -0.15) is 0 Å². The van der Waals surface area contributed by atoms with Crippen LogP contribution in [0.1, 0.15) is 24.9 Å². The Balaban J connectivity index is 2.13. The summed E-state index contributed by atoms with van der Waals surface area (Å²) < 4.78 is 0. The molecule has 0 aliphatic carbocycles. The summed E-state index contributed by atoms with van der Waals surface area (Å²) in [6, 6.07) is 14.1. The second-order valence-corrected chi connectivity index (χ2v) is 4.14. The van der Waals surface area contributed by atoms with E-state index in [-0.39, 0.29) is 6.04 Å². The Kier molecular flexibility index (Phi) is 3.94. The molecule has 0 saturated carbocycles. The van der Waals surface area contributed by atoms with Crippen molar-refractivity contribution in [1.29, 1.82) is 0 Å². The van der Waals surface area contributed by atoms with E-state index in [4.69, 9.17) is 11.6 Å². The van der Waals surface area contributed by atoms with Crippen LogP contribution in [-0.4, -0.2) is 10.2 Å². The van der Waals surface area contributed by atoms with Crippen molar-refractivity contribution >= 4 is 17.4 Å². The number of anilines is 1. The van der Waals surface area contributed by atoms with Crippen LogP contribution >= 0.6 is 11.6 Å². The Labute approximate surface area is 106 Å². The summed E-state index contributed by atoms with van der Waals surface area (Å²) in [5, 5.41) is 11.6. The van der Waals surface area contributed by atoms with Gasteiger partial charge in [-0.3, -0.25) is 0 Å². The van der Waals surface area contributed by atoms with E-state index in [0.717, 1.165) is 12.2 Å². The minimum Gasteiger partial charge on any atom is -0.362 e. The molecule has 3 nitrogen and oxygen atoms in total. The highest BCUT2D eigenvalue weighted by Crippen LogP contribution is 2.21. The SMILES string of the molecule is CCC(Nc1ccc(Cl)nn1)c1ccccc1. The third kappa shape index (κ3) is 3.17. The van der Waals surface area contributed by atoms with Gasteiger partial charge in [0.1, 0.15) is 5.82 Å². The maximum atomic E-state index is 5.70. The number of benzene rings is 1. The third-order valence-corrected chi connectivity index (χ3v) is 2.77. The second kappa shape index (κ2) is 5.64. The number of nitrogens with zero attached hydrogens (tertiary/aromatic N) is 2. The maximum absolute atomic E-state index is 5.70. The van der Waals surface area contributed by atoms with Gasteiger partial charge in [-0.1, -0.05) is 48.9 Å². The molecule has 2 rings (SSSR count). The summed E-state index contributed by atoms with van der Waals surface area (Å²) in [5.41, 5.74) is 1.24. The molecular weight excluding hydrogens is 234 g/mol. The minimum atomic E-state index is 0.242. The van der Waals surface area contributed by atoms with Gasteiger partial charge in [-0.25, -0.2) is 0 Å². The molecule has 0 radical (unpaired) electrons. The van der Waals surface area contributed by atoms with E-state index in [0.29, 0.717) is 5.15 Å². The number of rotatable bonds is 4. The number of nitrogens with one attached hydrogen (secondary N) is 1. The second-order valence-electron chi connectivity index (χ2n) is 3.76.